The van der Waals surface area contributed by atoms with Crippen LogP contribution in [0.4, 0.5) is 10.1 Å². The molecule has 0 unspecified atom stereocenters. The Morgan fingerprint density at radius 3 is 2.48 bits per heavy atom. The summed E-state index contributed by atoms with van der Waals surface area (Å²) in [7, 11) is -4.04. The van der Waals surface area contributed by atoms with Crippen molar-refractivity contribution >= 4 is 21.6 Å². The van der Waals surface area contributed by atoms with E-state index in [4.69, 9.17) is 0 Å². The molecular weight excluding hydrogens is 393 g/mol. The zero-order valence-electron chi connectivity index (χ0n) is 16.1. The van der Waals surface area contributed by atoms with Crippen molar-refractivity contribution < 1.29 is 17.6 Å². The highest BCUT2D eigenvalue weighted by atomic mass is 32.2. The Morgan fingerprint density at radius 2 is 1.83 bits per heavy atom. The molecule has 29 heavy (non-hydrogen) atoms. The summed E-state index contributed by atoms with van der Waals surface area (Å²) >= 11 is 0. The van der Waals surface area contributed by atoms with E-state index in [0.29, 0.717) is 0 Å². The predicted octanol–water partition coefficient (Wildman–Crippen LogP) is 4.01. The summed E-state index contributed by atoms with van der Waals surface area (Å²) < 4.78 is 40.8. The van der Waals surface area contributed by atoms with Gasteiger partial charge in [-0.3, -0.25) is 9.52 Å². The van der Waals surface area contributed by atoms with Gasteiger partial charge in [0.2, 0.25) is 0 Å². The van der Waals surface area contributed by atoms with Gasteiger partial charge in [-0.15, -0.1) is 0 Å². The molecule has 6 nitrogen and oxygen atoms in total. The summed E-state index contributed by atoms with van der Waals surface area (Å²) in [5, 5.41) is 2.83. The minimum absolute atomic E-state index is 0.0935. The van der Waals surface area contributed by atoms with Crippen molar-refractivity contribution in [3.8, 4) is 0 Å². The van der Waals surface area contributed by atoms with E-state index in [1.165, 1.54) is 36.0 Å². The van der Waals surface area contributed by atoms with E-state index in [0.717, 1.165) is 18.1 Å². The van der Waals surface area contributed by atoms with Crippen molar-refractivity contribution in [1.82, 2.24) is 10.3 Å². The molecule has 1 aromatic heterocycles. The van der Waals surface area contributed by atoms with Gasteiger partial charge in [-0.25, -0.2) is 12.8 Å². The van der Waals surface area contributed by atoms with Crippen LogP contribution in [0, 0.1) is 5.82 Å². The lowest BCUT2D eigenvalue weighted by Crippen LogP contribution is -2.26. The van der Waals surface area contributed by atoms with Gasteiger partial charge in [0, 0.05) is 6.20 Å². The van der Waals surface area contributed by atoms with Gasteiger partial charge in [0.25, 0.3) is 15.9 Å². The fraction of sp³-hybridized carbons (Fsp3) is 0.190. The number of amides is 1. The molecule has 1 amide bonds. The largest absolute Gasteiger partial charge is 0.356 e. The molecular formula is C21H22FN3O3S. The number of aryl methyl sites for hydroxylation is 1. The van der Waals surface area contributed by atoms with Gasteiger partial charge in [-0.2, -0.15) is 0 Å². The Labute approximate surface area is 169 Å². The zero-order valence-corrected chi connectivity index (χ0v) is 16.9. The van der Waals surface area contributed by atoms with Crippen LogP contribution in [0.5, 0.6) is 0 Å². The molecule has 0 spiro atoms. The van der Waals surface area contributed by atoms with Crippen molar-refractivity contribution in [3.63, 3.8) is 0 Å². The van der Waals surface area contributed by atoms with Crippen molar-refractivity contribution in [3.05, 3.63) is 83.4 Å². The first kappa shape index (κ1) is 20.6. The summed E-state index contributed by atoms with van der Waals surface area (Å²) in [5.74, 6) is -1.13. The highest BCUT2D eigenvalue weighted by Crippen LogP contribution is 2.20. The van der Waals surface area contributed by atoms with Crippen molar-refractivity contribution in [1.29, 1.82) is 0 Å². The molecule has 0 saturated carbocycles. The highest BCUT2D eigenvalue weighted by molar-refractivity contribution is 7.92. The molecule has 0 aliphatic rings. The number of benzene rings is 2. The molecule has 0 aliphatic carbocycles. The second-order valence-electron chi connectivity index (χ2n) is 6.62. The Morgan fingerprint density at radius 1 is 1.14 bits per heavy atom. The number of hydrogen-bond acceptors (Lipinski definition) is 3. The van der Waals surface area contributed by atoms with Gasteiger partial charge in [0.1, 0.15) is 16.4 Å². The van der Waals surface area contributed by atoms with Crippen LogP contribution in [0.1, 0.15) is 41.5 Å². The maximum Gasteiger partial charge on any atom is 0.268 e. The van der Waals surface area contributed by atoms with Gasteiger partial charge in [0.05, 0.1) is 11.7 Å². The molecule has 0 aliphatic heterocycles. The maximum absolute atomic E-state index is 13.7. The van der Waals surface area contributed by atoms with Crippen LogP contribution in [-0.4, -0.2) is 19.3 Å². The summed E-state index contributed by atoms with van der Waals surface area (Å²) in [6.07, 6.45) is 2.13. The molecule has 152 valence electrons. The lowest BCUT2D eigenvalue weighted by atomic mass is 10.0. The van der Waals surface area contributed by atoms with Crippen molar-refractivity contribution in [2.24, 2.45) is 0 Å². The van der Waals surface area contributed by atoms with Gasteiger partial charge < -0.3 is 10.3 Å². The summed E-state index contributed by atoms with van der Waals surface area (Å²) in [6, 6.07) is 14.3. The standard InChI is InChI=1S/C21H22FN3O3S/c1-3-15-8-10-16(11-9-15)14(2)24-21(26)20-12-17(13-23-20)29(27,28)25-19-7-5-4-6-18(19)22/h4-14,23,25H,3H2,1-2H3,(H,24,26)/t14-/m1/s1. The first-order chi connectivity index (χ1) is 13.8. The first-order valence-electron chi connectivity index (χ1n) is 9.15. The maximum atomic E-state index is 13.7. The molecule has 0 radical (unpaired) electrons. The number of rotatable bonds is 7. The molecule has 1 heterocycles. The number of para-hydroxylation sites is 1. The fourth-order valence-electron chi connectivity index (χ4n) is 2.81. The molecule has 0 bridgehead atoms. The fourth-order valence-corrected chi connectivity index (χ4v) is 3.87. The molecule has 1 atom stereocenters. The topological polar surface area (TPSA) is 91.1 Å². The number of aromatic nitrogens is 1. The number of carbonyl (C=O) groups is 1. The Hall–Kier alpha value is -3.13. The van der Waals surface area contributed by atoms with Crippen molar-refractivity contribution in [2.45, 2.75) is 31.2 Å². The molecule has 0 saturated heterocycles. The minimum atomic E-state index is -4.04. The lowest BCUT2D eigenvalue weighted by molar-refractivity contribution is 0.0935. The second-order valence-corrected chi connectivity index (χ2v) is 8.31. The minimum Gasteiger partial charge on any atom is -0.356 e. The van der Waals surface area contributed by atoms with Crippen LogP contribution >= 0.6 is 0 Å². The Balaban J connectivity index is 1.71. The third-order valence-electron chi connectivity index (χ3n) is 4.57. The van der Waals surface area contributed by atoms with Gasteiger partial charge in [-0.05, 0) is 42.7 Å². The summed E-state index contributed by atoms with van der Waals surface area (Å²) in [5.41, 5.74) is 2.07. The molecule has 2 aromatic carbocycles. The number of halogens is 1. The third-order valence-corrected chi connectivity index (χ3v) is 5.91. The van der Waals surface area contributed by atoms with E-state index in [1.807, 2.05) is 31.2 Å². The van der Waals surface area contributed by atoms with E-state index in [1.54, 1.807) is 0 Å². The summed E-state index contributed by atoms with van der Waals surface area (Å²) in [4.78, 5) is 15.0. The smallest absolute Gasteiger partial charge is 0.268 e. The molecule has 8 heteroatoms. The van der Waals surface area contributed by atoms with E-state index < -0.39 is 21.7 Å². The second kappa shape index (κ2) is 8.48. The number of H-pyrrole nitrogens is 1. The predicted molar refractivity (Wildman–Crippen MR) is 110 cm³/mol. The van der Waals surface area contributed by atoms with Crippen LogP contribution in [-0.2, 0) is 16.4 Å². The first-order valence-corrected chi connectivity index (χ1v) is 10.6. The third kappa shape index (κ3) is 4.83. The van der Waals surface area contributed by atoms with Crippen LogP contribution in [0.25, 0.3) is 0 Å². The SMILES string of the molecule is CCc1ccc([C@@H](C)NC(=O)c2cc(S(=O)(=O)Nc3ccccc3F)c[nH]2)cc1. The van der Waals surface area contributed by atoms with Gasteiger partial charge >= 0.3 is 0 Å². The number of nitrogens with one attached hydrogen (secondary N) is 3. The van der Waals surface area contributed by atoms with E-state index in [-0.39, 0.29) is 22.3 Å². The van der Waals surface area contributed by atoms with E-state index >= 15 is 0 Å². The van der Waals surface area contributed by atoms with Gasteiger partial charge in [-0.1, -0.05) is 43.3 Å². The molecule has 0 fully saturated rings. The molecule has 3 aromatic rings. The van der Waals surface area contributed by atoms with Crippen LogP contribution < -0.4 is 10.0 Å². The number of aromatic amines is 1. The van der Waals surface area contributed by atoms with Crippen LogP contribution in [0.3, 0.4) is 0 Å². The average molecular weight is 415 g/mol. The number of sulfonamides is 1. The normalized spacial score (nSPS) is 12.4. The number of carbonyl (C=O) groups excluding carboxylic acids is 1. The van der Waals surface area contributed by atoms with Crippen LogP contribution in [0.15, 0.2) is 65.7 Å². The van der Waals surface area contributed by atoms with Crippen LogP contribution in [0.2, 0.25) is 0 Å². The zero-order chi connectivity index (χ0) is 21.0. The highest BCUT2D eigenvalue weighted by Gasteiger charge is 2.20. The van der Waals surface area contributed by atoms with E-state index in [2.05, 4.69) is 21.9 Å². The molecule has 3 N–H and O–H groups in total. The van der Waals surface area contributed by atoms with Crippen molar-refractivity contribution in [2.75, 3.05) is 4.72 Å². The Bertz CT molecular complexity index is 1110. The molecule has 3 rings (SSSR count). The van der Waals surface area contributed by atoms with Gasteiger partial charge in [0.15, 0.2) is 0 Å². The monoisotopic (exact) mass is 415 g/mol. The quantitative estimate of drug-likeness (QED) is 0.545. The Kier molecular flexibility index (Phi) is 6.03. The number of anilines is 1. The van der Waals surface area contributed by atoms with E-state index in [9.17, 15) is 17.6 Å². The average Bonchev–Trinajstić information content (AvgIpc) is 3.21. The number of hydrogen-bond donors (Lipinski definition) is 3. The lowest BCUT2D eigenvalue weighted by Gasteiger charge is -2.14. The summed E-state index contributed by atoms with van der Waals surface area (Å²) in [6.45, 7) is 3.91.